The summed E-state index contributed by atoms with van der Waals surface area (Å²) in [6.45, 7) is 0. The highest BCUT2D eigenvalue weighted by molar-refractivity contribution is 9.10. The molecule has 18 heavy (non-hydrogen) atoms. The molecule has 0 saturated carbocycles. The van der Waals surface area contributed by atoms with Crippen molar-refractivity contribution in [3.63, 3.8) is 0 Å². The highest BCUT2D eigenvalue weighted by Crippen LogP contribution is 2.32. The van der Waals surface area contributed by atoms with Crippen LogP contribution in [0, 0.1) is 0 Å². The number of phenolic OH excluding ortho intramolecular Hbond substituents is 1. The molecule has 5 heteroatoms. The lowest BCUT2D eigenvalue weighted by Crippen LogP contribution is -1.89. The fourth-order valence-electron chi connectivity index (χ4n) is 1.41. The number of aromatic hydroxyl groups is 1. The second-order valence-electron chi connectivity index (χ2n) is 3.49. The van der Waals surface area contributed by atoms with E-state index in [0.29, 0.717) is 17.1 Å². The lowest BCUT2D eigenvalue weighted by Gasteiger charge is -2.06. The molecule has 1 aromatic carbocycles. The normalized spacial score (nSPS) is 10.8. The molecule has 1 heterocycles. The van der Waals surface area contributed by atoms with Gasteiger partial charge in [-0.25, -0.2) is 9.98 Å². The van der Waals surface area contributed by atoms with Crippen LogP contribution in [0.2, 0.25) is 0 Å². The van der Waals surface area contributed by atoms with Crippen molar-refractivity contribution < 1.29 is 9.84 Å². The molecule has 0 aliphatic heterocycles. The Labute approximate surface area is 113 Å². The van der Waals surface area contributed by atoms with Gasteiger partial charge in [0.2, 0.25) is 0 Å². The highest BCUT2D eigenvalue weighted by atomic mass is 79.9. The molecule has 0 bridgehead atoms. The van der Waals surface area contributed by atoms with E-state index in [4.69, 9.17) is 4.74 Å². The fourth-order valence-corrected chi connectivity index (χ4v) is 1.87. The third kappa shape index (κ3) is 2.87. The predicted octanol–water partition coefficient (Wildman–Crippen LogP) is 3.31. The Bertz CT molecular complexity index is 571. The first-order chi connectivity index (χ1) is 8.70. The van der Waals surface area contributed by atoms with E-state index >= 15 is 0 Å². The van der Waals surface area contributed by atoms with Gasteiger partial charge >= 0.3 is 0 Å². The van der Waals surface area contributed by atoms with Crippen LogP contribution in [0.5, 0.6) is 11.5 Å². The Morgan fingerprint density at radius 1 is 1.39 bits per heavy atom. The number of hydrogen-bond acceptors (Lipinski definition) is 4. The molecule has 0 radical (unpaired) electrons. The van der Waals surface area contributed by atoms with Crippen molar-refractivity contribution in [2.45, 2.75) is 0 Å². The quantitative estimate of drug-likeness (QED) is 0.885. The lowest BCUT2D eigenvalue weighted by molar-refractivity contribution is 0.373. The van der Waals surface area contributed by atoms with Crippen LogP contribution in [-0.2, 0) is 0 Å². The van der Waals surface area contributed by atoms with E-state index in [1.165, 1.54) is 7.11 Å². The summed E-state index contributed by atoms with van der Waals surface area (Å²) >= 11 is 3.35. The van der Waals surface area contributed by atoms with Gasteiger partial charge in [0.1, 0.15) is 0 Å². The van der Waals surface area contributed by atoms with E-state index < -0.39 is 0 Å². The standard InChI is InChI=1S/C13H11BrN2O2/c1-18-11-7-10(14)6-9(13(11)17)8-16-12-4-2-3-5-15-12/h2-8,17H,1H3. The number of hydrogen-bond donors (Lipinski definition) is 1. The fraction of sp³-hybridized carbons (Fsp3) is 0.0769. The Hall–Kier alpha value is -1.88. The van der Waals surface area contributed by atoms with Crippen molar-refractivity contribution in [2.24, 2.45) is 4.99 Å². The van der Waals surface area contributed by atoms with Gasteiger partial charge in [-0.2, -0.15) is 0 Å². The molecule has 4 nitrogen and oxygen atoms in total. The number of halogens is 1. The first-order valence-corrected chi connectivity index (χ1v) is 6.01. The van der Waals surface area contributed by atoms with Gasteiger partial charge in [0.05, 0.1) is 7.11 Å². The van der Waals surface area contributed by atoms with Gasteiger partial charge in [-0.3, -0.25) is 0 Å². The summed E-state index contributed by atoms with van der Waals surface area (Å²) in [6, 6.07) is 8.89. The minimum absolute atomic E-state index is 0.0559. The number of pyridine rings is 1. The van der Waals surface area contributed by atoms with Crippen molar-refractivity contribution in [1.29, 1.82) is 0 Å². The van der Waals surface area contributed by atoms with Gasteiger partial charge in [-0.15, -0.1) is 0 Å². The third-order valence-electron chi connectivity index (χ3n) is 2.27. The van der Waals surface area contributed by atoms with E-state index in [1.54, 1.807) is 30.6 Å². The molecule has 2 aromatic rings. The largest absolute Gasteiger partial charge is 0.504 e. The predicted molar refractivity (Wildman–Crippen MR) is 73.8 cm³/mol. The van der Waals surface area contributed by atoms with Crippen molar-refractivity contribution in [3.8, 4) is 11.5 Å². The average molecular weight is 307 g/mol. The number of aromatic nitrogens is 1. The molecule has 0 unspecified atom stereocenters. The van der Waals surface area contributed by atoms with E-state index in [-0.39, 0.29) is 5.75 Å². The molecule has 0 saturated heterocycles. The molecule has 0 fully saturated rings. The molecular weight excluding hydrogens is 296 g/mol. The summed E-state index contributed by atoms with van der Waals surface area (Å²) in [5.41, 5.74) is 0.562. The SMILES string of the molecule is COc1cc(Br)cc(C=Nc2ccccn2)c1O. The number of methoxy groups -OCH3 is 1. The van der Waals surface area contributed by atoms with Crippen LogP contribution in [0.25, 0.3) is 0 Å². The molecule has 0 atom stereocenters. The first kappa shape index (κ1) is 12.6. The van der Waals surface area contributed by atoms with E-state index in [9.17, 15) is 5.11 Å². The first-order valence-electron chi connectivity index (χ1n) is 5.22. The number of aliphatic imine (C=N–C) groups is 1. The molecule has 92 valence electrons. The molecular formula is C13H11BrN2O2. The van der Waals surface area contributed by atoms with Crippen LogP contribution in [0.4, 0.5) is 5.82 Å². The van der Waals surface area contributed by atoms with E-state index in [2.05, 4.69) is 25.9 Å². The van der Waals surface area contributed by atoms with E-state index in [1.807, 2.05) is 12.1 Å². The van der Waals surface area contributed by atoms with Gasteiger partial charge in [0, 0.05) is 22.4 Å². The van der Waals surface area contributed by atoms with Crippen LogP contribution in [0.1, 0.15) is 5.56 Å². The zero-order valence-electron chi connectivity index (χ0n) is 9.67. The van der Waals surface area contributed by atoms with E-state index in [0.717, 1.165) is 4.47 Å². The molecule has 0 spiro atoms. The van der Waals surface area contributed by atoms with Crippen LogP contribution in [0.15, 0.2) is 46.0 Å². The topological polar surface area (TPSA) is 54.7 Å². The lowest BCUT2D eigenvalue weighted by atomic mass is 10.2. The van der Waals surface area contributed by atoms with Crippen molar-refractivity contribution >= 4 is 28.0 Å². The summed E-state index contributed by atoms with van der Waals surface area (Å²) in [7, 11) is 1.50. The average Bonchev–Trinajstić information content (AvgIpc) is 2.40. The number of nitrogens with zero attached hydrogens (tertiary/aromatic N) is 2. The maximum atomic E-state index is 9.93. The molecule has 0 aliphatic carbocycles. The summed E-state index contributed by atoms with van der Waals surface area (Å²) in [5.74, 6) is 1.03. The maximum absolute atomic E-state index is 9.93. The summed E-state index contributed by atoms with van der Waals surface area (Å²) < 4.78 is 5.87. The van der Waals surface area contributed by atoms with Gasteiger partial charge < -0.3 is 9.84 Å². The van der Waals surface area contributed by atoms with Gasteiger partial charge in [-0.05, 0) is 24.3 Å². The molecule has 1 N–H and O–H groups in total. The highest BCUT2D eigenvalue weighted by Gasteiger charge is 2.07. The van der Waals surface area contributed by atoms with Crippen molar-refractivity contribution in [2.75, 3.05) is 7.11 Å². The molecule has 1 aromatic heterocycles. The van der Waals surface area contributed by atoms with Crippen molar-refractivity contribution in [1.82, 2.24) is 4.98 Å². The number of phenols is 1. The monoisotopic (exact) mass is 306 g/mol. The zero-order valence-corrected chi connectivity index (χ0v) is 11.3. The number of ether oxygens (including phenoxy) is 1. The van der Waals surface area contributed by atoms with Gasteiger partial charge in [-0.1, -0.05) is 22.0 Å². The van der Waals surface area contributed by atoms with Crippen LogP contribution >= 0.6 is 15.9 Å². The van der Waals surface area contributed by atoms with Crippen molar-refractivity contribution in [3.05, 3.63) is 46.6 Å². The van der Waals surface area contributed by atoms with Gasteiger partial charge in [0.25, 0.3) is 0 Å². The van der Waals surface area contributed by atoms with Crippen LogP contribution < -0.4 is 4.74 Å². The smallest absolute Gasteiger partial charge is 0.166 e. The van der Waals surface area contributed by atoms with Gasteiger partial charge in [0.15, 0.2) is 17.3 Å². The zero-order chi connectivity index (χ0) is 13.0. The summed E-state index contributed by atoms with van der Waals surface area (Å²) in [5, 5.41) is 9.93. The maximum Gasteiger partial charge on any atom is 0.166 e. The minimum Gasteiger partial charge on any atom is -0.504 e. The Balaban J connectivity index is 2.35. The number of rotatable bonds is 3. The molecule has 0 amide bonds. The Kier molecular flexibility index (Phi) is 3.94. The third-order valence-corrected chi connectivity index (χ3v) is 2.73. The minimum atomic E-state index is 0.0559. The summed E-state index contributed by atoms with van der Waals surface area (Å²) in [6.07, 6.45) is 3.21. The summed E-state index contributed by atoms with van der Waals surface area (Å²) in [4.78, 5) is 8.25. The molecule has 2 rings (SSSR count). The van der Waals surface area contributed by atoms with Crippen LogP contribution in [0.3, 0.4) is 0 Å². The molecule has 0 aliphatic rings. The number of benzene rings is 1. The Morgan fingerprint density at radius 2 is 2.22 bits per heavy atom. The second-order valence-corrected chi connectivity index (χ2v) is 4.41. The van der Waals surface area contributed by atoms with Crippen LogP contribution in [-0.4, -0.2) is 23.4 Å². The Morgan fingerprint density at radius 3 is 2.89 bits per heavy atom. The second kappa shape index (κ2) is 5.64.